The molecule has 0 radical (unpaired) electrons. The molecular weight excluding hydrogens is 292 g/mol. The summed E-state index contributed by atoms with van der Waals surface area (Å²) < 4.78 is 29.3. The van der Waals surface area contributed by atoms with Crippen LogP contribution in [0.15, 0.2) is 28.0 Å². The van der Waals surface area contributed by atoms with Gasteiger partial charge < -0.3 is 0 Å². The van der Waals surface area contributed by atoms with Crippen LogP contribution in [-0.2, 0) is 16.6 Å². The molecule has 1 saturated heterocycles. The monoisotopic (exact) mass is 310 g/mol. The van der Waals surface area contributed by atoms with Crippen LogP contribution in [0.3, 0.4) is 0 Å². The van der Waals surface area contributed by atoms with E-state index in [0.29, 0.717) is 25.3 Å². The van der Waals surface area contributed by atoms with E-state index in [0.717, 1.165) is 19.3 Å². The van der Waals surface area contributed by atoms with Crippen LogP contribution in [0.25, 0.3) is 5.65 Å². The van der Waals surface area contributed by atoms with Crippen LogP contribution in [0, 0.1) is 0 Å². The lowest BCUT2D eigenvalue weighted by atomic mass is 10.2. The number of sulfonamides is 1. The van der Waals surface area contributed by atoms with Crippen molar-refractivity contribution in [3.63, 3.8) is 0 Å². The van der Waals surface area contributed by atoms with Gasteiger partial charge in [0.2, 0.25) is 10.0 Å². The van der Waals surface area contributed by atoms with Crippen LogP contribution in [-0.4, -0.2) is 40.0 Å². The van der Waals surface area contributed by atoms with Crippen molar-refractivity contribution in [2.75, 3.05) is 13.1 Å². The van der Waals surface area contributed by atoms with Gasteiger partial charge in [-0.05, 0) is 31.9 Å². The average molecular weight is 310 g/mol. The second-order valence-corrected chi connectivity index (χ2v) is 7.09. The molecule has 8 heteroatoms. The molecular formula is C13H18N4O3S. The highest BCUT2D eigenvalue weighted by Gasteiger charge is 2.26. The minimum Gasteiger partial charge on any atom is -0.249 e. The summed E-state index contributed by atoms with van der Waals surface area (Å²) in [6, 6.07) is 3.09. The minimum absolute atomic E-state index is 0.148. The highest BCUT2D eigenvalue weighted by atomic mass is 32.2. The summed E-state index contributed by atoms with van der Waals surface area (Å²) in [6.07, 6.45) is 4.21. The lowest BCUT2D eigenvalue weighted by Crippen LogP contribution is -2.35. The SMILES string of the molecule is CCn1nc2ccc(S(=O)(=O)N3CCCCC3)cn2c1=O. The number of rotatable bonds is 3. The molecule has 21 heavy (non-hydrogen) atoms. The van der Waals surface area contributed by atoms with E-state index in [1.807, 2.05) is 6.92 Å². The van der Waals surface area contributed by atoms with Crippen molar-refractivity contribution in [2.24, 2.45) is 0 Å². The predicted molar refractivity (Wildman–Crippen MR) is 77.7 cm³/mol. The van der Waals surface area contributed by atoms with E-state index >= 15 is 0 Å². The van der Waals surface area contributed by atoms with Crippen molar-refractivity contribution in [1.82, 2.24) is 18.5 Å². The fourth-order valence-corrected chi connectivity index (χ4v) is 4.13. The smallest absolute Gasteiger partial charge is 0.249 e. The van der Waals surface area contributed by atoms with Crippen LogP contribution in [0.4, 0.5) is 0 Å². The van der Waals surface area contributed by atoms with E-state index < -0.39 is 10.0 Å². The molecule has 0 aliphatic carbocycles. The Hall–Kier alpha value is -1.67. The second kappa shape index (κ2) is 5.27. The molecule has 7 nitrogen and oxygen atoms in total. The van der Waals surface area contributed by atoms with Crippen LogP contribution >= 0.6 is 0 Å². The molecule has 0 N–H and O–H groups in total. The normalized spacial score (nSPS) is 17.4. The number of fused-ring (bicyclic) bond motifs is 1. The first kappa shape index (κ1) is 14.3. The minimum atomic E-state index is -3.53. The molecule has 0 atom stereocenters. The van der Waals surface area contributed by atoms with Crippen molar-refractivity contribution < 1.29 is 8.42 Å². The van der Waals surface area contributed by atoms with Gasteiger partial charge in [0.05, 0.1) is 4.90 Å². The highest BCUT2D eigenvalue weighted by Crippen LogP contribution is 2.20. The van der Waals surface area contributed by atoms with E-state index in [9.17, 15) is 13.2 Å². The van der Waals surface area contributed by atoms with Gasteiger partial charge in [0.1, 0.15) is 0 Å². The Labute approximate surface area is 122 Å². The Balaban J connectivity index is 2.08. The quantitative estimate of drug-likeness (QED) is 0.836. The molecule has 0 bridgehead atoms. The number of pyridine rings is 1. The number of aromatic nitrogens is 3. The molecule has 114 valence electrons. The third-order valence-corrected chi connectivity index (χ3v) is 5.68. The number of nitrogens with zero attached hydrogens (tertiary/aromatic N) is 4. The van der Waals surface area contributed by atoms with Gasteiger partial charge in [-0.1, -0.05) is 6.42 Å². The third kappa shape index (κ3) is 2.38. The number of hydrogen-bond acceptors (Lipinski definition) is 4. The molecule has 0 saturated carbocycles. The molecule has 0 unspecified atom stereocenters. The summed E-state index contributed by atoms with van der Waals surface area (Å²) >= 11 is 0. The summed E-state index contributed by atoms with van der Waals surface area (Å²) in [7, 11) is -3.53. The first-order valence-corrected chi connectivity index (χ1v) is 8.57. The van der Waals surface area contributed by atoms with Gasteiger partial charge in [0, 0.05) is 25.8 Å². The summed E-state index contributed by atoms with van der Waals surface area (Å²) in [5.41, 5.74) is 0.141. The maximum Gasteiger partial charge on any atom is 0.350 e. The molecule has 3 rings (SSSR count). The van der Waals surface area contributed by atoms with Crippen LogP contribution in [0.2, 0.25) is 0 Å². The molecule has 1 fully saturated rings. The zero-order chi connectivity index (χ0) is 15.0. The lowest BCUT2D eigenvalue weighted by Gasteiger charge is -2.25. The fourth-order valence-electron chi connectivity index (χ4n) is 2.61. The second-order valence-electron chi connectivity index (χ2n) is 5.16. The van der Waals surface area contributed by atoms with Crippen LogP contribution < -0.4 is 5.69 Å². The lowest BCUT2D eigenvalue weighted by molar-refractivity contribution is 0.346. The number of aryl methyl sites for hydroxylation is 1. The zero-order valence-corrected chi connectivity index (χ0v) is 12.7. The summed E-state index contributed by atoms with van der Waals surface area (Å²) in [4.78, 5) is 12.2. The van der Waals surface area contributed by atoms with Gasteiger partial charge in [-0.3, -0.25) is 0 Å². The molecule has 0 spiro atoms. The summed E-state index contributed by atoms with van der Waals surface area (Å²) in [5, 5.41) is 4.13. The Kier molecular flexibility index (Phi) is 3.58. The van der Waals surface area contributed by atoms with Crippen LogP contribution in [0.5, 0.6) is 0 Å². The van der Waals surface area contributed by atoms with Gasteiger partial charge in [-0.15, -0.1) is 5.10 Å². The first-order valence-electron chi connectivity index (χ1n) is 7.13. The molecule has 2 aromatic heterocycles. The Morgan fingerprint density at radius 3 is 2.57 bits per heavy atom. The average Bonchev–Trinajstić information content (AvgIpc) is 2.84. The maximum absolute atomic E-state index is 12.6. The first-order chi connectivity index (χ1) is 10.0. The van der Waals surface area contributed by atoms with Crippen molar-refractivity contribution in [1.29, 1.82) is 0 Å². The number of hydrogen-bond donors (Lipinski definition) is 0. The molecule has 0 amide bonds. The van der Waals surface area contributed by atoms with Gasteiger partial charge in [-0.25, -0.2) is 22.3 Å². The maximum atomic E-state index is 12.6. The van der Waals surface area contributed by atoms with Gasteiger partial charge >= 0.3 is 5.69 Å². The summed E-state index contributed by atoms with van der Waals surface area (Å²) in [5.74, 6) is 0. The van der Waals surface area contributed by atoms with Crippen LogP contribution in [0.1, 0.15) is 26.2 Å². The topological polar surface area (TPSA) is 76.7 Å². The van der Waals surface area contributed by atoms with Gasteiger partial charge in [0.15, 0.2) is 5.65 Å². The van der Waals surface area contributed by atoms with Crippen molar-refractivity contribution >= 4 is 15.7 Å². The van der Waals surface area contributed by atoms with Crippen molar-refractivity contribution in [3.05, 3.63) is 28.8 Å². The summed E-state index contributed by atoms with van der Waals surface area (Å²) in [6.45, 7) is 3.36. The third-order valence-electron chi connectivity index (χ3n) is 3.80. The molecule has 2 aromatic rings. The van der Waals surface area contributed by atoms with Gasteiger partial charge in [-0.2, -0.15) is 4.31 Å². The Bertz CT molecular complexity index is 816. The fraction of sp³-hybridized carbons (Fsp3) is 0.538. The largest absolute Gasteiger partial charge is 0.350 e. The Morgan fingerprint density at radius 2 is 1.90 bits per heavy atom. The standard InChI is InChI=1S/C13H18N4O3S/c1-2-17-13(18)16-10-11(6-7-12(16)14-17)21(19,20)15-8-4-3-5-9-15/h6-7,10H,2-5,8-9H2,1H3. The van der Waals surface area contributed by atoms with E-state index in [1.54, 1.807) is 6.07 Å². The highest BCUT2D eigenvalue weighted by molar-refractivity contribution is 7.89. The molecule has 1 aliphatic rings. The zero-order valence-electron chi connectivity index (χ0n) is 11.9. The van der Waals surface area contributed by atoms with Gasteiger partial charge in [0.25, 0.3) is 0 Å². The molecule has 3 heterocycles. The van der Waals surface area contributed by atoms with Crippen molar-refractivity contribution in [3.8, 4) is 0 Å². The van der Waals surface area contributed by atoms with E-state index in [-0.39, 0.29) is 10.6 Å². The predicted octanol–water partition coefficient (Wildman–Crippen LogP) is 0.691. The van der Waals surface area contributed by atoms with E-state index in [1.165, 1.54) is 25.7 Å². The molecule has 1 aliphatic heterocycles. The Morgan fingerprint density at radius 1 is 1.19 bits per heavy atom. The molecule has 0 aromatic carbocycles. The van der Waals surface area contributed by atoms with Crippen molar-refractivity contribution in [2.45, 2.75) is 37.6 Å². The van der Waals surface area contributed by atoms with E-state index in [2.05, 4.69) is 5.10 Å². The number of piperidine rings is 1. The van der Waals surface area contributed by atoms with E-state index in [4.69, 9.17) is 0 Å².